The third-order valence-corrected chi connectivity index (χ3v) is 7.40. The van der Waals surface area contributed by atoms with Crippen molar-refractivity contribution < 1.29 is 22.8 Å². The zero-order chi connectivity index (χ0) is 25.5. The molecule has 190 valence electrons. The Morgan fingerprint density at radius 2 is 1.56 bits per heavy atom. The highest BCUT2D eigenvalue weighted by Crippen LogP contribution is 2.30. The zero-order valence-corrected chi connectivity index (χ0v) is 20.7. The van der Waals surface area contributed by atoms with E-state index in [0.717, 1.165) is 54.7 Å². The number of carbonyl (C=O) groups excluding carboxylic acids is 2. The molecule has 1 aliphatic rings. The Bertz CT molecular complexity index is 1130. The van der Waals surface area contributed by atoms with E-state index in [4.69, 9.17) is 0 Å². The molecule has 1 aromatic heterocycles. The van der Waals surface area contributed by atoms with Gasteiger partial charge in [-0.05, 0) is 54.1 Å². The summed E-state index contributed by atoms with van der Waals surface area (Å²) in [7, 11) is 0. The van der Waals surface area contributed by atoms with E-state index in [-0.39, 0.29) is 24.1 Å². The summed E-state index contributed by atoms with van der Waals surface area (Å²) in [6.45, 7) is 0.728. The Labute approximate surface area is 213 Å². The van der Waals surface area contributed by atoms with Crippen molar-refractivity contribution in [3.8, 4) is 0 Å². The Morgan fingerprint density at radius 3 is 2.17 bits per heavy atom. The van der Waals surface area contributed by atoms with Gasteiger partial charge in [-0.2, -0.15) is 13.2 Å². The molecule has 1 heterocycles. The number of alkyl halides is 3. The van der Waals surface area contributed by atoms with E-state index in [1.54, 1.807) is 21.1 Å². The highest BCUT2D eigenvalue weighted by molar-refractivity contribution is 7.09. The van der Waals surface area contributed by atoms with Crippen molar-refractivity contribution in [2.45, 2.75) is 57.4 Å². The molecule has 8 heteroatoms. The van der Waals surface area contributed by atoms with Gasteiger partial charge in [-0.15, -0.1) is 11.3 Å². The van der Waals surface area contributed by atoms with Crippen LogP contribution in [0.5, 0.6) is 0 Å². The maximum atomic E-state index is 13.6. The monoisotopic (exact) mass is 514 g/mol. The lowest BCUT2D eigenvalue weighted by atomic mass is 9.93. The first-order chi connectivity index (χ1) is 17.3. The predicted molar refractivity (Wildman–Crippen MR) is 134 cm³/mol. The molecule has 0 aliphatic heterocycles. The average molecular weight is 515 g/mol. The largest absolute Gasteiger partial charge is 0.416 e. The van der Waals surface area contributed by atoms with Gasteiger partial charge in [0.2, 0.25) is 5.91 Å². The quantitative estimate of drug-likeness (QED) is 0.333. The molecular weight excluding hydrogens is 485 g/mol. The molecule has 1 aliphatic carbocycles. The third kappa shape index (κ3) is 6.75. The van der Waals surface area contributed by atoms with Crippen LogP contribution in [0.25, 0.3) is 0 Å². The number of carbonyl (C=O) groups is 2. The molecule has 0 radical (unpaired) electrons. The molecule has 1 saturated carbocycles. The molecule has 0 saturated heterocycles. The number of halogens is 3. The minimum absolute atomic E-state index is 0.108. The summed E-state index contributed by atoms with van der Waals surface area (Å²) < 4.78 is 39.1. The van der Waals surface area contributed by atoms with Crippen molar-refractivity contribution in [3.05, 3.63) is 93.7 Å². The van der Waals surface area contributed by atoms with Crippen LogP contribution < -0.4 is 0 Å². The lowest BCUT2D eigenvalue weighted by Crippen LogP contribution is -2.48. The smallest absolute Gasteiger partial charge is 0.332 e. The van der Waals surface area contributed by atoms with Gasteiger partial charge in [0, 0.05) is 23.0 Å². The number of benzene rings is 2. The van der Waals surface area contributed by atoms with Crippen LogP contribution >= 0.6 is 11.3 Å². The molecule has 0 bridgehead atoms. The Hall–Kier alpha value is -3.13. The SMILES string of the molecule is O=C(CN(C(=O)c1ccc(C(F)(F)F)cc1)C1CCCCC1)N(Cc1ccccc1)Cc1cccs1. The topological polar surface area (TPSA) is 40.6 Å². The number of rotatable bonds is 8. The van der Waals surface area contributed by atoms with E-state index in [9.17, 15) is 22.8 Å². The molecule has 1 fully saturated rings. The first kappa shape index (κ1) is 25.9. The summed E-state index contributed by atoms with van der Waals surface area (Å²) in [5.74, 6) is -0.585. The summed E-state index contributed by atoms with van der Waals surface area (Å²) in [4.78, 5) is 31.5. The zero-order valence-electron chi connectivity index (χ0n) is 19.9. The van der Waals surface area contributed by atoms with Gasteiger partial charge in [-0.1, -0.05) is 55.7 Å². The maximum Gasteiger partial charge on any atom is 0.416 e. The second kappa shape index (κ2) is 11.7. The van der Waals surface area contributed by atoms with Gasteiger partial charge in [0.1, 0.15) is 6.54 Å². The molecule has 0 atom stereocenters. The van der Waals surface area contributed by atoms with E-state index in [2.05, 4.69) is 0 Å². The predicted octanol–water partition coefficient (Wildman–Crippen LogP) is 6.77. The van der Waals surface area contributed by atoms with Gasteiger partial charge in [0.25, 0.3) is 5.91 Å². The normalized spacial score (nSPS) is 14.4. The Morgan fingerprint density at radius 1 is 0.861 bits per heavy atom. The highest BCUT2D eigenvalue weighted by atomic mass is 32.1. The fourth-order valence-electron chi connectivity index (χ4n) is 4.60. The van der Waals surface area contributed by atoms with Gasteiger partial charge >= 0.3 is 6.18 Å². The third-order valence-electron chi connectivity index (χ3n) is 6.54. The van der Waals surface area contributed by atoms with Crippen LogP contribution in [0.4, 0.5) is 13.2 Å². The Kier molecular flexibility index (Phi) is 8.46. The molecule has 4 rings (SSSR count). The molecule has 36 heavy (non-hydrogen) atoms. The van der Waals surface area contributed by atoms with Gasteiger partial charge in [0.05, 0.1) is 12.1 Å². The number of amides is 2. The van der Waals surface area contributed by atoms with Crippen molar-refractivity contribution in [1.82, 2.24) is 9.80 Å². The van der Waals surface area contributed by atoms with Gasteiger partial charge in [-0.25, -0.2) is 0 Å². The number of thiophene rings is 1. The molecule has 3 aromatic rings. The van der Waals surface area contributed by atoms with Crippen LogP contribution in [0, 0.1) is 0 Å². The van der Waals surface area contributed by atoms with Crippen LogP contribution in [0.15, 0.2) is 72.1 Å². The number of nitrogens with zero attached hydrogens (tertiary/aromatic N) is 2. The Balaban J connectivity index is 1.57. The molecule has 2 aromatic carbocycles. The van der Waals surface area contributed by atoms with Gasteiger partial charge in [0.15, 0.2) is 0 Å². The minimum atomic E-state index is -4.47. The summed E-state index contributed by atoms with van der Waals surface area (Å²) >= 11 is 1.57. The molecule has 0 spiro atoms. The second-order valence-electron chi connectivity index (χ2n) is 9.11. The van der Waals surface area contributed by atoms with Crippen molar-refractivity contribution in [2.75, 3.05) is 6.54 Å². The maximum absolute atomic E-state index is 13.6. The van der Waals surface area contributed by atoms with Crippen molar-refractivity contribution >= 4 is 23.2 Å². The summed E-state index contributed by atoms with van der Waals surface area (Å²) in [6.07, 6.45) is 0.0786. The first-order valence-corrected chi connectivity index (χ1v) is 13.0. The second-order valence-corrected chi connectivity index (χ2v) is 10.1. The van der Waals surface area contributed by atoms with Crippen LogP contribution in [-0.2, 0) is 24.1 Å². The number of hydrogen-bond donors (Lipinski definition) is 0. The van der Waals surface area contributed by atoms with Crippen LogP contribution in [0.1, 0.15) is 58.5 Å². The fraction of sp³-hybridized carbons (Fsp3) is 0.357. The van der Waals surface area contributed by atoms with E-state index < -0.39 is 17.6 Å². The van der Waals surface area contributed by atoms with E-state index in [1.807, 2.05) is 47.8 Å². The van der Waals surface area contributed by atoms with Crippen LogP contribution in [-0.4, -0.2) is 34.2 Å². The van der Waals surface area contributed by atoms with Crippen molar-refractivity contribution in [2.24, 2.45) is 0 Å². The highest BCUT2D eigenvalue weighted by Gasteiger charge is 2.32. The van der Waals surface area contributed by atoms with E-state index in [1.165, 1.54) is 12.1 Å². The lowest BCUT2D eigenvalue weighted by Gasteiger charge is -2.35. The average Bonchev–Trinajstić information content (AvgIpc) is 3.40. The molecule has 0 N–H and O–H groups in total. The summed E-state index contributed by atoms with van der Waals surface area (Å²) in [6, 6.07) is 17.7. The lowest BCUT2D eigenvalue weighted by molar-refractivity contribution is -0.137. The molecule has 2 amide bonds. The van der Waals surface area contributed by atoms with Crippen molar-refractivity contribution in [1.29, 1.82) is 0 Å². The summed E-state index contributed by atoms with van der Waals surface area (Å²) in [5.41, 5.74) is 0.347. The van der Waals surface area contributed by atoms with Crippen LogP contribution in [0.3, 0.4) is 0 Å². The fourth-order valence-corrected chi connectivity index (χ4v) is 5.32. The van der Waals surface area contributed by atoms with Gasteiger partial charge in [-0.3, -0.25) is 9.59 Å². The first-order valence-electron chi connectivity index (χ1n) is 12.1. The van der Waals surface area contributed by atoms with E-state index in [0.29, 0.717) is 13.1 Å². The molecular formula is C28H29F3N2O2S. The van der Waals surface area contributed by atoms with E-state index >= 15 is 0 Å². The van der Waals surface area contributed by atoms with Crippen molar-refractivity contribution in [3.63, 3.8) is 0 Å². The number of hydrogen-bond acceptors (Lipinski definition) is 3. The van der Waals surface area contributed by atoms with Crippen LogP contribution in [0.2, 0.25) is 0 Å². The van der Waals surface area contributed by atoms with Gasteiger partial charge < -0.3 is 9.80 Å². The summed E-state index contributed by atoms with van der Waals surface area (Å²) in [5, 5.41) is 1.96. The standard InChI is InChI=1S/C28H29F3N2O2S/c29-28(30,31)23-15-13-22(14-16-23)27(35)33(24-10-5-2-6-11-24)20-26(34)32(19-25-12-7-17-36-25)18-21-8-3-1-4-9-21/h1,3-4,7-9,12-17,24H,2,5-6,10-11,18-20H2. The molecule has 0 unspecified atom stereocenters. The molecule has 4 nitrogen and oxygen atoms in total. The minimum Gasteiger partial charge on any atom is -0.332 e.